The Morgan fingerprint density at radius 3 is 2.37 bits per heavy atom. The molecule has 35 heavy (non-hydrogen) atoms. The molecule has 0 aliphatic carbocycles. The maximum absolute atomic E-state index is 13.2. The molecule has 0 saturated carbocycles. The molecule has 1 aromatic heterocycles. The van der Waals surface area contributed by atoms with Gasteiger partial charge < -0.3 is 14.3 Å². The van der Waals surface area contributed by atoms with Crippen molar-refractivity contribution < 1.29 is 9.32 Å². The number of piperidine rings is 1. The summed E-state index contributed by atoms with van der Waals surface area (Å²) in [7, 11) is 0. The maximum Gasteiger partial charge on any atom is 0.241 e. The topological polar surface area (TPSA) is 65.7 Å². The summed E-state index contributed by atoms with van der Waals surface area (Å²) in [5, 5.41) is 4.15. The van der Waals surface area contributed by atoms with Gasteiger partial charge in [0, 0.05) is 43.3 Å². The van der Waals surface area contributed by atoms with Crippen molar-refractivity contribution in [3.63, 3.8) is 0 Å². The number of carbonyl (C=O) groups is 1. The Labute approximate surface area is 207 Å². The fourth-order valence-corrected chi connectivity index (χ4v) is 5.17. The Balaban J connectivity index is 1.10. The first kappa shape index (κ1) is 23.5. The van der Waals surface area contributed by atoms with E-state index in [1.807, 2.05) is 12.1 Å². The standard InChI is InChI=1S/C28H35N5O2/c1-20-7-9-23(10-8-20)27-29-26(35-30-27)19-31-13-11-24(12-14-31)28(34)33-17-15-32(16-18-33)25-6-4-5-21(2)22(25)3/h4-10,24H,11-19H2,1-3H3. The van der Waals surface area contributed by atoms with Crippen molar-refractivity contribution in [2.45, 2.75) is 40.2 Å². The molecule has 0 atom stereocenters. The molecule has 5 rings (SSSR count). The van der Waals surface area contributed by atoms with E-state index in [1.165, 1.54) is 22.4 Å². The lowest BCUT2D eigenvalue weighted by molar-refractivity contribution is -0.137. The number of aromatic nitrogens is 2. The van der Waals surface area contributed by atoms with Crippen LogP contribution >= 0.6 is 0 Å². The molecule has 0 radical (unpaired) electrons. The number of rotatable bonds is 5. The SMILES string of the molecule is Cc1ccc(-c2noc(CN3CCC(C(=O)N4CCN(c5cccc(C)c5C)CC4)CC3)n2)cc1. The number of nitrogens with zero attached hydrogens (tertiary/aromatic N) is 5. The van der Waals surface area contributed by atoms with Gasteiger partial charge in [-0.3, -0.25) is 9.69 Å². The van der Waals surface area contributed by atoms with Gasteiger partial charge in [-0.15, -0.1) is 0 Å². The Bertz CT molecular complexity index is 1160. The van der Waals surface area contributed by atoms with Crippen molar-refractivity contribution in [1.29, 1.82) is 0 Å². The lowest BCUT2D eigenvalue weighted by Crippen LogP contribution is -2.51. The minimum Gasteiger partial charge on any atom is -0.368 e. The molecule has 2 saturated heterocycles. The second-order valence-electron chi connectivity index (χ2n) is 9.96. The third kappa shape index (κ3) is 5.25. The van der Waals surface area contributed by atoms with E-state index in [0.717, 1.165) is 57.7 Å². The van der Waals surface area contributed by atoms with Crippen LogP contribution in [0.15, 0.2) is 47.0 Å². The molecule has 184 valence electrons. The highest BCUT2D eigenvalue weighted by Crippen LogP contribution is 2.26. The molecule has 0 spiro atoms. The molecule has 2 aromatic carbocycles. The van der Waals surface area contributed by atoms with Crippen LogP contribution in [0, 0.1) is 26.7 Å². The van der Waals surface area contributed by atoms with E-state index in [-0.39, 0.29) is 5.92 Å². The number of aryl methyl sites for hydroxylation is 2. The van der Waals surface area contributed by atoms with Crippen LogP contribution < -0.4 is 4.90 Å². The summed E-state index contributed by atoms with van der Waals surface area (Å²) < 4.78 is 5.50. The quantitative estimate of drug-likeness (QED) is 0.553. The fourth-order valence-electron chi connectivity index (χ4n) is 5.17. The molecule has 2 aliphatic heterocycles. The lowest BCUT2D eigenvalue weighted by atomic mass is 9.95. The van der Waals surface area contributed by atoms with Gasteiger partial charge in [-0.05, 0) is 63.9 Å². The molecule has 3 aromatic rings. The molecular weight excluding hydrogens is 438 g/mol. The van der Waals surface area contributed by atoms with Gasteiger partial charge in [0.1, 0.15) is 0 Å². The Hall–Kier alpha value is -3.19. The Kier molecular flexibility index (Phi) is 6.86. The Morgan fingerprint density at radius 2 is 1.66 bits per heavy atom. The van der Waals surface area contributed by atoms with Crippen LogP contribution in [0.4, 0.5) is 5.69 Å². The van der Waals surface area contributed by atoms with Crippen molar-refractivity contribution >= 4 is 11.6 Å². The first-order valence-electron chi connectivity index (χ1n) is 12.7. The fraction of sp³-hybridized carbons (Fsp3) is 0.464. The molecule has 7 nitrogen and oxygen atoms in total. The van der Waals surface area contributed by atoms with Crippen LogP contribution in [0.3, 0.4) is 0 Å². The zero-order valence-electron chi connectivity index (χ0n) is 21.0. The van der Waals surface area contributed by atoms with Crippen LogP contribution in [-0.2, 0) is 11.3 Å². The third-order valence-electron chi connectivity index (χ3n) is 7.58. The number of carbonyl (C=O) groups excluding carboxylic acids is 1. The van der Waals surface area contributed by atoms with Gasteiger partial charge in [0.2, 0.25) is 17.6 Å². The number of hydrogen-bond donors (Lipinski definition) is 0. The van der Waals surface area contributed by atoms with Gasteiger partial charge in [0.25, 0.3) is 0 Å². The summed E-state index contributed by atoms with van der Waals surface area (Å²) in [5.41, 5.74) is 6.13. The Morgan fingerprint density at radius 1 is 0.943 bits per heavy atom. The van der Waals surface area contributed by atoms with Crippen LogP contribution in [0.2, 0.25) is 0 Å². The van der Waals surface area contributed by atoms with Gasteiger partial charge in [0.05, 0.1) is 6.54 Å². The summed E-state index contributed by atoms with van der Waals surface area (Å²) in [5.74, 6) is 1.70. The van der Waals surface area contributed by atoms with Gasteiger partial charge in [-0.2, -0.15) is 4.98 Å². The first-order valence-corrected chi connectivity index (χ1v) is 12.7. The lowest BCUT2D eigenvalue weighted by Gasteiger charge is -2.39. The van der Waals surface area contributed by atoms with Crippen molar-refractivity contribution in [1.82, 2.24) is 19.9 Å². The second kappa shape index (κ2) is 10.2. The van der Waals surface area contributed by atoms with Crippen molar-refractivity contribution in [2.24, 2.45) is 5.92 Å². The minimum absolute atomic E-state index is 0.115. The molecule has 1 amide bonds. The highest BCUT2D eigenvalue weighted by Gasteiger charge is 2.31. The number of amides is 1. The monoisotopic (exact) mass is 473 g/mol. The predicted molar refractivity (Wildman–Crippen MR) is 137 cm³/mol. The average Bonchev–Trinajstić information content (AvgIpc) is 3.35. The van der Waals surface area contributed by atoms with E-state index in [9.17, 15) is 4.79 Å². The van der Waals surface area contributed by atoms with Crippen LogP contribution in [0.25, 0.3) is 11.4 Å². The predicted octanol–water partition coefficient (Wildman–Crippen LogP) is 4.22. The van der Waals surface area contributed by atoms with E-state index in [4.69, 9.17) is 4.52 Å². The van der Waals surface area contributed by atoms with Gasteiger partial charge >= 0.3 is 0 Å². The number of piperazine rings is 1. The molecule has 7 heteroatoms. The molecule has 0 N–H and O–H groups in total. The van der Waals surface area contributed by atoms with Crippen molar-refractivity contribution in [3.8, 4) is 11.4 Å². The van der Waals surface area contributed by atoms with E-state index < -0.39 is 0 Å². The number of benzene rings is 2. The van der Waals surface area contributed by atoms with E-state index in [0.29, 0.717) is 24.2 Å². The van der Waals surface area contributed by atoms with Gasteiger partial charge in [-0.1, -0.05) is 47.1 Å². The average molecular weight is 474 g/mol. The van der Waals surface area contributed by atoms with Crippen LogP contribution in [-0.4, -0.2) is 65.1 Å². The first-order chi connectivity index (χ1) is 17.0. The maximum atomic E-state index is 13.2. The van der Waals surface area contributed by atoms with Crippen LogP contribution in [0.1, 0.15) is 35.4 Å². The highest BCUT2D eigenvalue weighted by molar-refractivity contribution is 5.79. The van der Waals surface area contributed by atoms with Crippen molar-refractivity contribution in [2.75, 3.05) is 44.2 Å². The third-order valence-corrected chi connectivity index (χ3v) is 7.58. The van der Waals surface area contributed by atoms with Gasteiger partial charge in [0.15, 0.2) is 0 Å². The summed E-state index contributed by atoms with van der Waals surface area (Å²) in [6.07, 6.45) is 1.77. The number of anilines is 1. The number of likely N-dealkylation sites (tertiary alicyclic amines) is 1. The summed E-state index contributed by atoms with van der Waals surface area (Å²) >= 11 is 0. The number of hydrogen-bond acceptors (Lipinski definition) is 6. The highest BCUT2D eigenvalue weighted by atomic mass is 16.5. The summed E-state index contributed by atoms with van der Waals surface area (Å²) in [6.45, 7) is 12.2. The normalized spacial score (nSPS) is 17.7. The molecule has 2 fully saturated rings. The zero-order valence-corrected chi connectivity index (χ0v) is 21.0. The molecule has 0 unspecified atom stereocenters. The summed E-state index contributed by atoms with van der Waals surface area (Å²) in [6, 6.07) is 14.6. The molecule has 2 aliphatic rings. The summed E-state index contributed by atoms with van der Waals surface area (Å²) in [4.78, 5) is 24.6. The largest absolute Gasteiger partial charge is 0.368 e. The van der Waals surface area contributed by atoms with Crippen LogP contribution in [0.5, 0.6) is 0 Å². The second-order valence-corrected chi connectivity index (χ2v) is 9.96. The van der Waals surface area contributed by atoms with E-state index in [2.05, 4.69) is 75.9 Å². The zero-order chi connectivity index (χ0) is 24.4. The molecule has 3 heterocycles. The minimum atomic E-state index is 0.115. The molecular formula is C28H35N5O2. The smallest absolute Gasteiger partial charge is 0.241 e. The van der Waals surface area contributed by atoms with Crippen molar-refractivity contribution in [3.05, 3.63) is 65.0 Å². The van der Waals surface area contributed by atoms with E-state index in [1.54, 1.807) is 0 Å². The molecule has 0 bridgehead atoms. The van der Waals surface area contributed by atoms with Gasteiger partial charge in [-0.25, -0.2) is 0 Å². The van der Waals surface area contributed by atoms with E-state index >= 15 is 0 Å².